The van der Waals surface area contributed by atoms with Gasteiger partial charge in [0.05, 0.1) is 0 Å². The quantitative estimate of drug-likeness (QED) is 0.586. The predicted molar refractivity (Wildman–Crippen MR) is 58.6 cm³/mol. The Labute approximate surface area is 101 Å². The Morgan fingerprint density at radius 1 is 1.31 bits per heavy atom. The molecule has 0 spiro atoms. The molecule has 0 N–H and O–H groups in total. The van der Waals surface area contributed by atoms with Gasteiger partial charge in [-0.1, -0.05) is 23.8 Å². The van der Waals surface area contributed by atoms with E-state index in [1.54, 1.807) is 6.08 Å². The monoisotopic (exact) mass is 269 g/mol. The average Bonchev–Trinajstić information content (AvgIpc) is 2.16. The topological polar surface area (TPSA) is 12.9 Å². The lowest BCUT2D eigenvalue weighted by Gasteiger charge is -2.06. The van der Waals surface area contributed by atoms with Gasteiger partial charge in [0.1, 0.15) is 10.8 Å². The standard InChI is InChI=1S/C10H8Cl2F3N/c11-4-2-1-3-7-5-8(10(13,14)15)16-9(12)6-7/h1,3,5-6H,2,4H2. The van der Waals surface area contributed by atoms with Gasteiger partial charge in [-0.3, -0.25) is 0 Å². The van der Waals surface area contributed by atoms with Crippen molar-refractivity contribution in [2.45, 2.75) is 12.6 Å². The van der Waals surface area contributed by atoms with Crippen LogP contribution in [0.2, 0.25) is 5.15 Å². The largest absolute Gasteiger partial charge is 0.433 e. The Morgan fingerprint density at radius 3 is 2.56 bits per heavy atom. The Bertz CT molecular complexity index is 388. The van der Waals surface area contributed by atoms with E-state index in [-0.39, 0.29) is 5.15 Å². The summed E-state index contributed by atoms with van der Waals surface area (Å²) in [5.41, 5.74) is -0.636. The van der Waals surface area contributed by atoms with Crippen molar-refractivity contribution >= 4 is 29.3 Å². The molecule has 0 saturated heterocycles. The first-order valence-electron chi connectivity index (χ1n) is 4.41. The zero-order chi connectivity index (χ0) is 12.2. The Morgan fingerprint density at radius 2 is 2.00 bits per heavy atom. The Kier molecular flexibility index (Phi) is 4.62. The van der Waals surface area contributed by atoms with E-state index in [2.05, 4.69) is 4.98 Å². The summed E-state index contributed by atoms with van der Waals surface area (Å²) < 4.78 is 37.1. The second-order valence-electron chi connectivity index (χ2n) is 2.99. The highest BCUT2D eigenvalue weighted by Gasteiger charge is 2.32. The van der Waals surface area contributed by atoms with Gasteiger partial charge in [-0.15, -0.1) is 11.6 Å². The fraction of sp³-hybridized carbons (Fsp3) is 0.300. The van der Waals surface area contributed by atoms with Crippen LogP contribution in [0.1, 0.15) is 17.7 Å². The lowest BCUT2D eigenvalue weighted by molar-refractivity contribution is -0.141. The van der Waals surface area contributed by atoms with Crippen molar-refractivity contribution in [3.05, 3.63) is 34.6 Å². The van der Waals surface area contributed by atoms with Crippen molar-refractivity contribution in [1.29, 1.82) is 0 Å². The number of rotatable bonds is 3. The SMILES string of the molecule is FC(F)(F)c1cc(C=CCCCl)cc(Cl)n1. The van der Waals surface area contributed by atoms with Crippen LogP contribution >= 0.6 is 23.2 Å². The molecule has 0 saturated carbocycles. The van der Waals surface area contributed by atoms with Crippen LogP contribution in [0, 0.1) is 0 Å². The molecule has 0 atom stereocenters. The first-order chi connectivity index (χ1) is 7.43. The minimum absolute atomic E-state index is 0.180. The second-order valence-corrected chi connectivity index (χ2v) is 3.75. The van der Waals surface area contributed by atoms with Crippen LogP contribution in [0.4, 0.5) is 13.2 Å². The summed E-state index contributed by atoms with van der Waals surface area (Å²) in [5, 5.41) is -0.180. The molecule has 0 aromatic carbocycles. The van der Waals surface area contributed by atoms with Crippen molar-refractivity contribution < 1.29 is 13.2 Å². The van der Waals surface area contributed by atoms with Crippen molar-refractivity contribution in [3.8, 4) is 0 Å². The number of aromatic nitrogens is 1. The molecular weight excluding hydrogens is 262 g/mol. The van der Waals surface area contributed by atoms with Crippen molar-refractivity contribution in [2.24, 2.45) is 0 Å². The second kappa shape index (κ2) is 5.55. The summed E-state index contributed by atoms with van der Waals surface area (Å²) in [4.78, 5) is 3.21. The van der Waals surface area contributed by atoms with Gasteiger partial charge in [0.2, 0.25) is 0 Å². The molecule has 0 aliphatic rings. The van der Waals surface area contributed by atoms with Crippen molar-refractivity contribution in [1.82, 2.24) is 4.98 Å². The fourth-order valence-electron chi connectivity index (χ4n) is 1.04. The molecule has 6 heteroatoms. The molecular formula is C10H8Cl2F3N. The summed E-state index contributed by atoms with van der Waals surface area (Å²) >= 11 is 10.9. The lowest BCUT2D eigenvalue weighted by atomic mass is 10.2. The zero-order valence-electron chi connectivity index (χ0n) is 8.06. The van der Waals surface area contributed by atoms with Gasteiger partial charge < -0.3 is 0 Å². The summed E-state index contributed by atoms with van der Waals surface area (Å²) in [6.07, 6.45) is -0.688. The zero-order valence-corrected chi connectivity index (χ0v) is 9.57. The lowest BCUT2D eigenvalue weighted by Crippen LogP contribution is -2.08. The normalized spacial score (nSPS) is 12.3. The van der Waals surface area contributed by atoms with Gasteiger partial charge in [0.15, 0.2) is 0 Å². The van der Waals surface area contributed by atoms with Crippen LogP contribution in [0.3, 0.4) is 0 Å². The molecule has 1 aromatic rings. The van der Waals surface area contributed by atoms with E-state index in [1.165, 1.54) is 12.1 Å². The summed E-state index contributed by atoms with van der Waals surface area (Å²) in [7, 11) is 0. The van der Waals surface area contributed by atoms with E-state index in [0.29, 0.717) is 17.9 Å². The summed E-state index contributed by atoms with van der Waals surface area (Å²) in [5.74, 6) is 0.418. The first-order valence-corrected chi connectivity index (χ1v) is 5.32. The Hall–Kier alpha value is -0.740. The summed E-state index contributed by atoms with van der Waals surface area (Å²) in [6, 6.07) is 2.30. The molecule has 88 valence electrons. The van der Waals surface area contributed by atoms with Crippen LogP contribution in [0.5, 0.6) is 0 Å². The summed E-state index contributed by atoms with van der Waals surface area (Å²) in [6.45, 7) is 0. The van der Waals surface area contributed by atoms with Gasteiger partial charge in [-0.25, -0.2) is 4.98 Å². The van der Waals surface area contributed by atoms with Crippen LogP contribution in [0.15, 0.2) is 18.2 Å². The third kappa shape index (κ3) is 4.02. The number of halogens is 5. The molecule has 0 radical (unpaired) electrons. The van der Waals surface area contributed by atoms with E-state index in [9.17, 15) is 13.2 Å². The molecule has 1 aromatic heterocycles. The minimum atomic E-state index is -4.49. The van der Waals surface area contributed by atoms with Crippen LogP contribution in [-0.2, 0) is 6.18 Å². The van der Waals surface area contributed by atoms with Crippen molar-refractivity contribution in [3.63, 3.8) is 0 Å². The maximum absolute atomic E-state index is 12.4. The molecule has 0 aliphatic heterocycles. The molecule has 1 rings (SSSR count). The minimum Gasteiger partial charge on any atom is -0.232 e. The number of pyridine rings is 1. The van der Waals surface area contributed by atoms with E-state index in [0.717, 1.165) is 6.07 Å². The first kappa shape index (κ1) is 13.3. The third-order valence-corrected chi connectivity index (χ3v) is 2.10. The van der Waals surface area contributed by atoms with Gasteiger partial charge in [-0.2, -0.15) is 13.2 Å². The van der Waals surface area contributed by atoms with E-state index >= 15 is 0 Å². The molecule has 0 aliphatic carbocycles. The fourth-order valence-corrected chi connectivity index (χ4v) is 1.38. The number of alkyl halides is 4. The van der Waals surface area contributed by atoms with Crippen LogP contribution in [0.25, 0.3) is 6.08 Å². The van der Waals surface area contributed by atoms with Crippen LogP contribution in [-0.4, -0.2) is 10.9 Å². The Balaban J connectivity index is 2.99. The number of nitrogens with zero attached hydrogens (tertiary/aromatic N) is 1. The molecule has 1 nitrogen and oxygen atoms in total. The van der Waals surface area contributed by atoms with E-state index in [1.807, 2.05) is 0 Å². The molecule has 1 heterocycles. The van der Waals surface area contributed by atoms with Crippen LogP contribution < -0.4 is 0 Å². The number of hydrogen-bond acceptors (Lipinski definition) is 1. The molecule has 0 bridgehead atoms. The predicted octanol–water partition coefficient (Wildman–Crippen LogP) is 4.40. The van der Waals surface area contributed by atoms with Crippen molar-refractivity contribution in [2.75, 3.05) is 5.88 Å². The van der Waals surface area contributed by atoms with Gasteiger partial charge in [0, 0.05) is 5.88 Å². The molecule has 0 amide bonds. The van der Waals surface area contributed by atoms with Gasteiger partial charge in [-0.05, 0) is 24.1 Å². The van der Waals surface area contributed by atoms with Gasteiger partial charge >= 0.3 is 6.18 Å². The molecule has 0 unspecified atom stereocenters. The third-order valence-electron chi connectivity index (χ3n) is 1.69. The molecule has 16 heavy (non-hydrogen) atoms. The highest BCUT2D eigenvalue weighted by molar-refractivity contribution is 6.29. The number of allylic oxidation sites excluding steroid dienone is 1. The van der Waals surface area contributed by atoms with E-state index in [4.69, 9.17) is 23.2 Å². The van der Waals surface area contributed by atoms with Gasteiger partial charge in [0.25, 0.3) is 0 Å². The number of hydrogen-bond donors (Lipinski definition) is 0. The highest BCUT2D eigenvalue weighted by atomic mass is 35.5. The highest BCUT2D eigenvalue weighted by Crippen LogP contribution is 2.29. The molecule has 0 fully saturated rings. The average molecular weight is 270 g/mol. The maximum atomic E-state index is 12.4. The van der Waals surface area contributed by atoms with E-state index < -0.39 is 11.9 Å². The maximum Gasteiger partial charge on any atom is 0.433 e. The smallest absolute Gasteiger partial charge is 0.232 e.